The summed E-state index contributed by atoms with van der Waals surface area (Å²) in [7, 11) is 0. The molecule has 0 saturated carbocycles. The van der Waals surface area contributed by atoms with Crippen LogP contribution in [0.3, 0.4) is 0 Å². The molecule has 1 amide bonds. The number of carbonyl (C=O) groups is 1. The molecule has 4 nitrogen and oxygen atoms in total. The van der Waals surface area contributed by atoms with Crippen molar-refractivity contribution in [1.82, 2.24) is 10.3 Å². The molecule has 0 aliphatic carbocycles. The second-order valence-electron chi connectivity index (χ2n) is 4.52. The van der Waals surface area contributed by atoms with Crippen molar-refractivity contribution >= 4 is 17.2 Å². The molecular weight excluding hydrogens is 282 g/mol. The zero-order chi connectivity index (χ0) is 15.1. The van der Waals surface area contributed by atoms with Crippen molar-refractivity contribution in [1.29, 1.82) is 0 Å². The fourth-order valence-corrected chi connectivity index (χ4v) is 2.45. The topological polar surface area (TPSA) is 68.0 Å². The van der Waals surface area contributed by atoms with Gasteiger partial charge in [-0.2, -0.15) is 0 Å². The number of hydrogen-bond donors (Lipinski definition) is 2. The van der Waals surface area contributed by atoms with Gasteiger partial charge in [-0.3, -0.25) is 4.79 Å². The van der Waals surface area contributed by atoms with E-state index in [0.717, 1.165) is 23.2 Å². The summed E-state index contributed by atoms with van der Waals surface area (Å²) < 4.78 is 0. The van der Waals surface area contributed by atoms with Crippen LogP contribution in [0.1, 0.15) is 27.2 Å². The number of nitrogens with zero attached hydrogens (tertiary/aromatic N) is 1. The van der Waals surface area contributed by atoms with Crippen LogP contribution >= 0.6 is 11.3 Å². The summed E-state index contributed by atoms with van der Waals surface area (Å²) in [4.78, 5) is 16.2. The van der Waals surface area contributed by atoms with Gasteiger partial charge in [-0.05, 0) is 30.7 Å². The minimum absolute atomic E-state index is 0.0772. The van der Waals surface area contributed by atoms with Gasteiger partial charge < -0.3 is 11.1 Å². The largest absolute Gasteiger partial charge is 0.352 e. The average Bonchev–Trinajstić information content (AvgIpc) is 2.99. The number of rotatable bonds is 4. The van der Waals surface area contributed by atoms with Crippen LogP contribution in [0, 0.1) is 18.8 Å². The molecule has 108 valence electrons. The highest BCUT2D eigenvalue weighted by Crippen LogP contribution is 2.10. The summed E-state index contributed by atoms with van der Waals surface area (Å²) in [6.07, 6.45) is 0.744. The van der Waals surface area contributed by atoms with Gasteiger partial charge in [0.2, 0.25) is 0 Å². The number of aromatic nitrogens is 1. The maximum absolute atomic E-state index is 12.1. The lowest BCUT2D eigenvalue weighted by Crippen LogP contribution is -2.25. The predicted octanol–water partition coefficient (Wildman–Crippen LogP) is 1.73. The Morgan fingerprint density at radius 1 is 1.48 bits per heavy atom. The minimum atomic E-state index is -0.0772. The number of hydrogen-bond acceptors (Lipinski definition) is 4. The van der Waals surface area contributed by atoms with E-state index in [4.69, 9.17) is 5.73 Å². The van der Waals surface area contributed by atoms with Gasteiger partial charge in [0.1, 0.15) is 0 Å². The van der Waals surface area contributed by atoms with Crippen molar-refractivity contribution in [2.75, 3.05) is 13.1 Å². The Kier molecular flexibility index (Phi) is 5.50. The zero-order valence-electron chi connectivity index (χ0n) is 11.8. The van der Waals surface area contributed by atoms with Crippen molar-refractivity contribution in [3.05, 3.63) is 51.5 Å². The summed E-state index contributed by atoms with van der Waals surface area (Å²) in [5.74, 6) is 5.72. The Labute approximate surface area is 128 Å². The molecule has 21 heavy (non-hydrogen) atoms. The number of benzene rings is 1. The summed E-state index contributed by atoms with van der Waals surface area (Å²) >= 11 is 1.56. The second kappa shape index (κ2) is 7.58. The molecule has 0 unspecified atom stereocenters. The number of thiazole rings is 1. The van der Waals surface area contributed by atoms with E-state index in [1.807, 2.05) is 24.4 Å². The van der Waals surface area contributed by atoms with Gasteiger partial charge >= 0.3 is 0 Å². The molecule has 2 rings (SSSR count). The van der Waals surface area contributed by atoms with E-state index in [2.05, 4.69) is 22.1 Å². The van der Waals surface area contributed by atoms with Crippen LogP contribution < -0.4 is 11.1 Å². The van der Waals surface area contributed by atoms with Crippen LogP contribution in [0.2, 0.25) is 0 Å². The van der Waals surface area contributed by atoms with Crippen molar-refractivity contribution in [2.45, 2.75) is 13.3 Å². The summed E-state index contributed by atoms with van der Waals surface area (Å²) in [6, 6.07) is 5.48. The SMILES string of the molecule is Cc1cc(C(=O)NCCc2cscn2)ccc1C#CCN. The first-order chi connectivity index (χ1) is 10.2. The molecular formula is C16H17N3OS. The highest BCUT2D eigenvalue weighted by molar-refractivity contribution is 7.07. The second-order valence-corrected chi connectivity index (χ2v) is 5.24. The third kappa shape index (κ3) is 4.42. The Morgan fingerprint density at radius 3 is 3.00 bits per heavy atom. The van der Waals surface area contributed by atoms with E-state index in [1.54, 1.807) is 22.9 Å². The third-order valence-electron chi connectivity index (χ3n) is 2.96. The molecule has 2 aromatic rings. The van der Waals surface area contributed by atoms with Crippen LogP contribution in [-0.4, -0.2) is 24.0 Å². The first kappa shape index (κ1) is 15.2. The average molecular weight is 299 g/mol. The minimum Gasteiger partial charge on any atom is -0.352 e. The Bertz CT molecular complexity index is 669. The summed E-state index contributed by atoms with van der Waals surface area (Å²) in [6.45, 7) is 2.85. The van der Waals surface area contributed by atoms with Gasteiger partial charge in [-0.25, -0.2) is 4.98 Å². The maximum atomic E-state index is 12.1. The first-order valence-electron chi connectivity index (χ1n) is 6.65. The Balaban J connectivity index is 1.94. The molecule has 1 heterocycles. The molecule has 0 radical (unpaired) electrons. The monoisotopic (exact) mass is 299 g/mol. The fraction of sp³-hybridized carbons (Fsp3) is 0.250. The highest BCUT2D eigenvalue weighted by atomic mass is 32.1. The number of nitrogens with one attached hydrogen (secondary N) is 1. The van der Waals surface area contributed by atoms with Crippen molar-refractivity contribution in [3.8, 4) is 11.8 Å². The summed E-state index contributed by atoms with van der Waals surface area (Å²) in [5.41, 5.74) is 10.7. The van der Waals surface area contributed by atoms with Gasteiger partial charge in [-0.15, -0.1) is 11.3 Å². The van der Waals surface area contributed by atoms with E-state index in [9.17, 15) is 4.79 Å². The van der Waals surface area contributed by atoms with Crippen LogP contribution in [0.15, 0.2) is 29.1 Å². The molecule has 0 saturated heterocycles. The molecule has 1 aromatic heterocycles. The molecule has 0 spiro atoms. The molecule has 0 aliphatic heterocycles. The third-order valence-corrected chi connectivity index (χ3v) is 3.60. The van der Waals surface area contributed by atoms with Gasteiger partial charge in [-0.1, -0.05) is 11.8 Å². The van der Waals surface area contributed by atoms with Crippen LogP contribution in [-0.2, 0) is 6.42 Å². The van der Waals surface area contributed by atoms with Gasteiger partial charge in [0.25, 0.3) is 5.91 Å². The Hall–Kier alpha value is -2.16. The normalized spacial score (nSPS) is 9.81. The van der Waals surface area contributed by atoms with Crippen LogP contribution in [0.5, 0.6) is 0 Å². The number of nitrogens with two attached hydrogens (primary N) is 1. The molecule has 3 N–H and O–H groups in total. The quantitative estimate of drug-likeness (QED) is 0.845. The van der Waals surface area contributed by atoms with E-state index < -0.39 is 0 Å². The fourth-order valence-electron chi connectivity index (χ4n) is 1.86. The van der Waals surface area contributed by atoms with Crippen molar-refractivity contribution < 1.29 is 4.79 Å². The highest BCUT2D eigenvalue weighted by Gasteiger charge is 2.07. The first-order valence-corrected chi connectivity index (χ1v) is 7.60. The predicted molar refractivity (Wildman–Crippen MR) is 85.3 cm³/mol. The van der Waals surface area contributed by atoms with Crippen molar-refractivity contribution in [3.63, 3.8) is 0 Å². The molecule has 0 atom stereocenters. The molecule has 5 heteroatoms. The lowest BCUT2D eigenvalue weighted by Gasteiger charge is -2.06. The van der Waals surface area contributed by atoms with E-state index in [-0.39, 0.29) is 5.91 Å². The van der Waals surface area contributed by atoms with Crippen molar-refractivity contribution in [2.24, 2.45) is 5.73 Å². The standard InChI is InChI=1S/C16H17N3OS/c1-12-9-14(5-4-13(12)3-2-7-17)16(20)18-8-6-15-10-21-11-19-15/h4-5,9-11H,6-8,17H2,1H3,(H,18,20). The summed E-state index contributed by atoms with van der Waals surface area (Å²) in [5, 5.41) is 4.88. The molecule has 0 aliphatic rings. The van der Waals surface area contributed by atoms with Gasteiger partial charge in [0, 0.05) is 29.5 Å². The lowest BCUT2D eigenvalue weighted by molar-refractivity contribution is 0.0954. The van der Waals surface area contributed by atoms with E-state index >= 15 is 0 Å². The molecule has 1 aromatic carbocycles. The number of carbonyl (C=O) groups excluding carboxylic acids is 1. The smallest absolute Gasteiger partial charge is 0.251 e. The number of amides is 1. The van der Waals surface area contributed by atoms with Gasteiger partial charge in [0.05, 0.1) is 17.7 Å². The Morgan fingerprint density at radius 2 is 2.33 bits per heavy atom. The van der Waals surface area contributed by atoms with Gasteiger partial charge in [0.15, 0.2) is 0 Å². The number of aryl methyl sites for hydroxylation is 1. The van der Waals surface area contributed by atoms with Crippen LogP contribution in [0.4, 0.5) is 0 Å². The molecule has 0 bridgehead atoms. The zero-order valence-corrected chi connectivity index (χ0v) is 12.7. The van der Waals surface area contributed by atoms with E-state index in [0.29, 0.717) is 18.7 Å². The van der Waals surface area contributed by atoms with E-state index in [1.165, 1.54) is 0 Å². The lowest BCUT2D eigenvalue weighted by atomic mass is 10.0. The van der Waals surface area contributed by atoms with Crippen LogP contribution in [0.25, 0.3) is 0 Å². The maximum Gasteiger partial charge on any atom is 0.251 e. The molecule has 0 fully saturated rings.